The summed E-state index contributed by atoms with van der Waals surface area (Å²) < 4.78 is 26.7. The molecule has 0 unspecified atom stereocenters. The van der Waals surface area contributed by atoms with E-state index in [1.165, 1.54) is 12.1 Å². The van der Waals surface area contributed by atoms with Crippen molar-refractivity contribution in [3.63, 3.8) is 0 Å². The number of aromatic nitrogens is 3. The molecule has 0 radical (unpaired) electrons. The van der Waals surface area contributed by atoms with Crippen molar-refractivity contribution in [3.8, 4) is 0 Å². The summed E-state index contributed by atoms with van der Waals surface area (Å²) in [6.07, 6.45) is 3.20. The molecule has 1 saturated heterocycles. The number of carbonyl (C=O) groups excluding carboxylic acids is 1. The van der Waals surface area contributed by atoms with Gasteiger partial charge in [0.2, 0.25) is 0 Å². The van der Waals surface area contributed by atoms with Gasteiger partial charge in [-0.3, -0.25) is 5.10 Å². The first-order chi connectivity index (χ1) is 13.4. The van der Waals surface area contributed by atoms with Gasteiger partial charge in [-0.1, -0.05) is 19.9 Å². The van der Waals surface area contributed by atoms with Crippen molar-refractivity contribution in [2.75, 3.05) is 13.1 Å². The third kappa shape index (κ3) is 5.27. The van der Waals surface area contributed by atoms with Crippen LogP contribution in [0.2, 0.25) is 0 Å². The van der Waals surface area contributed by atoms with E-state index in [-0.39, 0.29) is 11.9 Å². The molecule has 6 nitrogen and oxygen atoms in total. The van der Waals surface area contributed by atoms with Gasteiger partial charge >= 0.3 is 6.03 Å². The summed E-state index contributed by atoms with van der Waals surface area (Å²) in [5.74, 6) is 1.03. The van der Waals surface area contributed by atoms with Crippen LogP contribution in [0.4, 0.5) is 13.6 Å². The third-order valence-corrected chi connectivity index (χ3v) is 5.21. The Kier molecular flexibility index (Phi) is 6.59. The van der Waals surface area contributed by atoms with Crippen LogP contribution in [0.15, 0.2) is 18.2 Å². The fourth-order valence-electron chi connectivity index (χ4n) is 3.43. The molecule has 2 aromatic rings. The molecule has 0 saturated carbocycles. The Morgan fingerprint density at radius 2 is 2.07 bits per heavy atom. The summed E-state index contributed by atoms with van der Waals surface area (Å²) in [6.45, 7) is 5.70. The molecule has 0 atom stereocenters. The van der Waals surface area contributed by atoms with Crippen LogP contribution in [-0.2, 0) is 13.0 Å². The maximum absolute atomic E-state index is 13.7. The zero-order valence-electron chi connectivity index (χ0n) is 16.3. The van der Waals surface area contributed by atoms with Gasteiger partial charge in [-0.25, -0.2) is 18.6 Å². The molecule has 2 N–H and O–H groups in total. The Hall–Kier alpha value is -2.51. The zero-order valence-corrected chi connectivity index (χ0v) is 16.3. The van der Waals surface area contributed by atoms with E-state index in [9.17, 15) is 13.6 Å². The number of piperidine rings is 1. The van der Waals surface area contributed by atoms with E-state index in [4.69, 9.17) is 0 Å². The first-order valence-corrected chi connectivity index (χ1v) is 9.80. The number of aryl methyl sites for hydroxylation is 1. The van der Waals surface area contributed by atoms with Crippen molar-refractivity contribution in [3.05, 3.63) is 47.0 Å². The Morgan fingerprint density at radius 1 is 1.32 bits per heavy atom. The fraction of sp³-hybridized carbons (Fsp3) is 0.550. The van der Waals surface area contributed by atoms with Gasteiger partial charge in [0.05, 0.1) is 6.54 Å². The average molecular weight is 391 g/mol. The van der Waals surface area contributed by atoms with Gasteiger partial charge in [0, 0.05) is 25.1 Å². The Labute approximate surface area is 163 Å². The number of aromatic amines is 1. The van der Waals surface area contributed by atoms with Crippen LogP contribution in [0, 0.1) is 17.6 Å². The fourth-order valence-corrected chi connectivity index (χ4v) is 3.43. The molecular weight excluding hydrogens is 364 g/mol. The molecule has 1 aliphatic rings. The maximum Gasteiger partial charge on any atom is 0.317 e. The van der Waals surface area contributed by atoms with Gasteiger partial charge in [-0.05, 0) is 43.2 Å². The van der Waals surface area contributed by atoms with Crippen molar-refractivity contribution in [2.24, 2.45) is 5.92 Å². The first-order valence-electron chi connectivity index (χ1n) is 9.80. The minimum atomic E-state index is -0.550. The normalized spacial score (nSPS) is 15.2. The number of hydrogen-bond donors (Lipinski definition) is 2. The van der Waals surface area contributed by atoms with Crippen LogP contribution in [0.3, 0.4) is 0 Å². The lowest BCUT2D eigenvalue weighted by molar-refractivity contribution is 0.167. The molecule has 3 rings (SSSR count). The molecule has 2 heterocycles. The number of amides is 2. The highest BCUT2D eigenvalue weighted by Crippen LogP contribution is 2.23. The van der Waals surface area contributed by atoms with Gasteiger partial charge in [0.1, 0.15) is 17.5 Å². The number of H-pyrrole nitrogens is 1. The Bertz CT molecular complexity index is 800. The summed E-state index contributed by atoms with van der Waals surface area (Å²) in [4.78, 5) is 18.5. The SMILES string of the molecule is CC(C)c1n[nH]c(CNC(=O)N2CCC(CCc3ccc(F)cc3F)CC2)n1. The van der Waals surface area contributed by atoms with Gasteiger partial charge in [-0.2, -0.15) is 5.10 Å². The van der Waals surface area contributed by atoms with Crippen LogP contribution in [0.1, 0.15) is 56.2 Å². The lowest BCUT2D eigenvalue weighted by Gasteiger charge is -2.32. The standard InChI is InChI=1S/C20H27F2N5O/c1-13(2)19-24-18(25-26-19)12-23-20(28)27-9-7-14(8-10-27)3-4-15-5-6-16(21)11-17(15)22/h5-6,11,13-14H,3-4,7-10,12H2,1-2H3,(H,23,28)(H,24,25,26). The summed E-state index contributed by atoms with van der Waals surface area (Å²) >= 11 is 0. The van der Waals surface area contributed by atoms with Crippen molar-refractivity contribution in [1.82, 2.24) is 25.4 Å². The lowest BCUT2D eigenvalue weighted by Crippen LogP contribution is -2.44. The molecule has 1 aromatic heterocycles. The van der Waals surface area contributed by atoms with Crippen LogP contribution < -0.4 is 5.32 Å². The van der Waals surface area contributed by atoms with E-state index in [2.05, 4.69) is 20.5 Å². The smallest absolute Gasteiger partial charge is 0.317 e. The van der Waals surface area contributed by atoms with E-state index in [0.717, 1.165) is 31.2 Å². The van der Waals surface area contributed by atoms with Crippen molar-refractivity contribution in [1.29, 1.82) is 0 Å². The highest BCUT2D eigenvalue weighted by atomic mass is 19.1. The summed E-state index contributed by atoms with van der Waals surface area (Å²) in [6, 6.07) is 3.64. The van der Waals surface area contributed by atoms with Crippen molar-refractivity contribution < 1.29 is 13.6 Å². The number of rotatable bonds is 6. The molecule has 0 bridgehead atoms. The number of halogens is 2. The number of likely N-dealkylation sites (tertiary alicyclic amines) is 1. The van der Waals surface area contributed by atoms with Crippen LogP contribution >= 0.6 is 0 Å². The lowest BCUT2D eigenvalue weighted by atomic mass is 9.90. The van der Waals surface area contributed by atoms with Crippen LogP contribution in [0.25, 0.3) is 0 Å². The van der Waals surface area contributed by atoms with E-state index < -0.39 is 11.6 Å². The Morgan fingerprint density at radius 3 is 2.71 bits per heavy atom. The van der Waals surface area contributed by atoms with Gasteiger partial charge < -0.3 is 10.2 Å². The first kappa shape index (κ1) is 20.2. The summed E-state index contributed by atoms with van der Waals surface area (Å²) in [7, 11) is 0. The zero-order chi connectivity index (χ0) is 20.1. The second-order valence-electron chi connectivity index (χ2n) is 7.66. The predicted octanol–water partition coefficient (Wildman–Crippen LogP) is 3.76. The van der Waals surface area contributed by atoms with E-state index >= 15 is 0 Å². The number of nitrogens with zero attached hydrogens (tertiary/aromatic N) is 3. The molecule has 2 amide bonds. The second kappa shape index (κ2) is 9.12. The monoisotopic (exact) mass is 391 g/mol. The van der Waals surface area contributed by atoms with E-state index in [0.29, 0.717) is 43.4 Å². The largest absolute Gasteiger partial charge is 0.331 e. The number of hydrogen-bond acceptors (Lipinski definition) is 3. The summed E-state index contributed by atoms with van der Waals surface area (Å²) in [5, 5.41) is 9.84. The molecule has 1 aromatic carbocycles. The second-order valence-corrected chi connectivity index (χ2v) is 7.66. The Balaban J connectivity index is 1.39. The molecule has 8 heteroatoms. The molecule has 28 heavy (non-hydrogen) atoms. The van der Waals surface area contributed by atoms with Gasteiger partial charge in [0.15, 0.2) is 5.82 Å². The predicted molar refractivity (Wildman–Crippen MR) is 102 cm³/mol. The number of carbonyl (C=O) groups is 1. The molecule has 152 valence electrons. The maximum atomic E-state index is 13.7. The minimum absolute atomic E-state index is 0.106. The summed E-state index contributed by atoms with van der Waals surface area (Å²) in [5.41, 5.74) is 0.550. The topological polar surface area (TPSA) is 73.9 Å². The quantitative estimate of drug-likeness (QED) is 0.787. The van der Waals surface area contributed by atoms with Crippen molar-refractivity contribution >= 4 is 6.03 Å². The van der Waals surface area contributed by atoms with Crippen LogP contribution in [-0.4, -0.2) is 39.2 Å². The highest BCUT2D eigenvalue weighted by Gasteiger charge is 2.23. The molecule has 0 spiro atoms. The molecule has 1 fully saturated rings. The molecular formula is C20H27F2N5O. The van der Waals surface area contributed by atoms with Crippen LogP contribution in [0.5, 0.6) is 0 Å². The van der Waals surface area contributed by atoms with E-state index in [1.54, 1.807) is 4.90 Å². The molecule has 1 aliphatic heterocycles. The van der Waals surface area contributed by atoms with Gasteiger partial charge in [0.25, 0.3) is 0 Å². The van der Waals surface area contributed by atoms with Crippen molar-refractivity contribution in [2.45, 2.75) is 52.0 Å². The molecule has 0 aliphatic carbocycles. The number of nitrogens with one attached hydrogen (secondary N) is 2. The van der Waals surface area contributed by atoms with E-state index in [1.807, 2.05) is 13.8 Å². The van der Waals surface area contributed by atoms with Gasteiger partial charge in [-0.15, -0.1) is 0 Å². The number of benzene rings is 1. The average Bonchev–Trinajstić information content (AvgIpc) is 3.15. The third-order valence-electron chi connectivity index (χ3n) is 5.21. The number of urea groups is 1. The highest BCUT2D eigenvalue weighted by molar-refractivity contribution is 5.74. The minimum Gasteiger partial charge on any atom is -0.331 e.